The molecule has 1 fully saturated rings. The number of ketones is 1. The molecule has 0 amide bonds. The summed E-state index contributed by atoms with van der Waals surface area (Å²) in [5.41, 5.74) is 2.35. The zero-order valence-electron chi connectivity index (χ0n) is 17.1. The first-order valence-electron chi connectivity index (χ1n) is 10.4. The lowest BCUT2D eigenvalue weighted by molar-refractivity contribution is -0.0103. The van der Waals surface area contributed by atoms with Crippen LogP contribution in [-0.2, 0) is 4.84 Å². The van der Waals surface area contributed by atoms with E-state index in [1.54, 1.807) is 12.1 Å². The third-order valence-corrected chi connectivity index (χ3v) is 7.08. The molecule has 4 rings (SSSR count). The van der Waals surface area contributed by atoms with Crippen molar-refractivity contribution in [2.45, 2.75) is 51.0 Å². The van der Waals surface area contributed by atoms with Gasteiger partial charge in [0.2, 0.25) is 0 Å². The fourth-order valence-electron chi connectivity index (χ4n) is 3.96. The number of nitrogens with one attached hydrogen (secondary N) is 1. The van der Waals surface area contributed by atoms with Crippen LogP contribution >= 0.6 is 22.9 Å². The summed E-state index contributed by atoms with van der Waals surface area (Å²) in [6.45, 7) is 3.93. The Hall–Kier alpha value is -2.18. The van der Waals surface area contributed by atoms with Gasteiger partial charge in [0.05, 0.1) is 14.9 Å². The molecule has 3 heterocycles. The number of thiophene rings is 1. The molecule has 0 bridgehead atoms. The quantitative estimate of drug-likeness (QED) is 0.350. The lowest BCUT2D eigenvalue weighted by Crippen LogP contribution is -2.35. The maximum Gasteiger partial charge on any atom is 0.172 e. The molecular formula is C23H26ClN3O2S. The molecule has 0 saturated carbocycles. The summed E-state index contributed by atoms with van der Waals surface area (Å²) in [7, 11) is 0. The van der Waals surface area contributed by atoms with Crippen LogP contribution in [0.2, 0.25) is 4.34 Å². The van der Waals surface area contributed by atoms with Gasteiger partial charge in [-0.15, -0.1) is 11.3 Å². The van der Waals surface area contributed by atoms with Crippen molar-refractivity contribution in [3.8, 4) is 0 Å². The molecule has 7 heteroatoms. The minimum absolute atomic E-state index is 0.0887. The maximum absolute atomic E-state index is 12.4. The van der Waals surface area contributed by atoms with E-state index in [0.29, 0.717) is 34.3 Å². The molecule has 1 saturated heterocycles. The van der Waals surface area contributed by atoms with E-state index in [9.17, 15) is 4.79 Å². The summed E-state index contributed by atoms with van der Waals surface area (Å²) >= 11 is 7.24. The highest BCUT2D eigenvalue weighted by Crippen LogP contribution is 2.32. The second kappa shape index (κ2) is 8.90. The number of benzene rings is 1. The minimum atomic E-state index is -0.481. The van der Waals surface area contributed by atoms with Gasteiger partial charge in [-0.3, -0.25) is 10.2 Å². The number of rotatable bonds is 6. The monoisotopic (exact) mass is 443 g/mol. The number of carbonyl (C=O) groups excluding carboxylic acids is 1. The van der Waals surface area contributed by atoms with E-state index < -0.39 is 5.60 Å². The zero-order chi connectivity index (χ0) is 21.1. The Morgan fingerprint density at radius 2 is 1.93 bits per heavy atom. The number of amidine groups is 1. The zero-order valence-corrected chi connectivity index (χ0v) is 18.7. The van der Waals surface area contributed by atoms with Crippen molar-refractivity contribution in [2.75, 3.05) is 13.1 Å². The van der Waals surface area contributed by atoms with Crippen LogP contribution in [0.1, 0.15) is 66.2 Å². The highest BCUT2D eigenvalue weighted by atomic mass is 35.5. The van der Waals surface area contributed by atoms with Gasteiger partial charge in [-0.2, -0.15) is 0 Å². The Kier molecular flexibility index (Phi) is 6.25. The summed E-state index contributed by atoms with van der Waals surface area (Å²) in [5.74, 6) is 0.689. The van der Waals surface area contributed by atoms with Crippen molar-refractivity contribution in [1.82, 2.24) is 4.90 Å². The highest BCUT2D eigenvalue weighted by Gasteiger charge is 2.35. The van der Waals surface area contributed by atoms with E-state index in [1.807, 2.05) is 31.2 Å². The number of hydrogen-bond acceptors (Lipinski definition) is 5. The highest BCUT2D eigenvalue weighted by molar-refractivity contribution is 7.18. The van der Waals surface area contributed by atoms with Crippen molar-refractivity contribution >= 4 is 40.3 Å². The predicted molar refractivity (Wildman–Crippen MR) is 122 cm³/mol. The summed E-state index contributed by atoms with van der Waals surface area (Å²) in [6, 6.07) is 11.5. The normalized spacial score (nSPS) is 21.3. The van der Waals surface area contributed by atoms with E-state index in [2.05, 4.69) is 10.1 Å². The number of halogens is 1. The largest absolute Gasteiger partial charge is 0.389 e. The number of carbonyl (C=O) groups is 1. The smallest absolute Gasteiger partial charge is 0.172 e. The van der Waals surface area contributed by atoms with Crippen molar-refractivity contribution in [2.24, 2.45) is 5.16 Å². The van der Waals surface area contributed by atoms with Gasteiger partial charge in [0, 0.05) is 31.5 Å². The van der Waals surface area contributed by atoms with Crippen molar-refractivity contribution in [3.05, 3.63) is 56.7 Å². The molecule has 1 aromatic heterocycles. The summed E-state index contributed by atoms with van der Waals surface area (Å²) in [4.78, 5) is 21.0. The topological polar surface area (TPSA) is 65.8 Å². The van der Waals surface area contributed by atoms with Gasteiger partial charge in [-0.1, -0.05) is 41.0 Å². The summed E-state index contributed by atoms with van der Waals surface area (Å²) < 4.78 is 0.629. The molecule has 5 nitrogen and oxygen atoms in total. The molecule has 158 valence electrons. The number of likely N-dealkylation sites (tertiary alicyclic amines) is 1. The van der Waals surface area contributed by atoms with Gasteiger partial charge in [0.15, 0.2) is 5.78 Å². The molecule has 2 aromatic rings. The number of oxime groups is 1. The summed E-state index contributed by atoms with van der Waals surface area (Å²) in [6.07, 6.45) is 5.25. The van der Waals surface area contributed by atoms with E-state index in [0.717, 1.165) is 42.8 Å². The Morgan fingerprint density at radius 3 is 2.60 bits per heavy atom. The fourth-order valence-corrected chi connectivity index (χ4v) is 4.97. The van der Waals surface area contributed by atoms with E-state index in [4.69, 9.17) is 21.8 Å². The first-order chi connectivity index (χ1) is 14.4. The molecule has 0 radical (unpaired) electrons. The van der Waals surface area contributed by atoms with Crippen LogP contribution in [0.15, 0.2) is 41.6 Å². The first-order valence-corrected chi connectivity index (χ1v) is 11.6. The van der Waals surface area contributed by atoms with Gasteiger partial charge in [-0.25, -0.2) is 0 Å². The third-order valence-electron chi connectivity index (χ3n) is 5.81. The number of piperidine rings is 1. The van der Waals surface area contributed by atoms with Crippen LogP contribution in [0, 0.1) is 5.41 Å². The molecule has 1 unspecified atom stereocenters. The van der Waals surface area contributed by atoms with Gasteiger partial charge in [0.25, 0.3) is 0 Å². The van der Waals surface area contributed by atoms with Gasteiger partial charge in [-0.05, 0) is 50.3 Å². The second-order valence-corrected chi connectivity index (χ2v) is 9.97. The molecule has 1 N–H and O–H groups in total. The minimum Gasteiger partial charge on any atom is -0.389 e. The number of Topliss-reactive ketones (excluding diaryl/α,β-unsaturated/α-hetero) is 1. The SMILES string of the molecule is CC1(CCC(=O)c2ccc(Cl)s2)CC(c2ccc(C(=N)N3CCCCC3)cc2)=NO1. The van der Waals surface area contributed by atoms with E-state index in [1.165, 1.54) is 17.8 Å². The standard InChI is InChI=1S/C23H26ClN3O2S/c1-23(12-11-19(28)20-9-10-21(24)30-20)15-18(26-29-23)16-5-7-17(8-6-16)22(25)27-13-3-2-4-14-27/h5-10,25H,2-4,11-15H2,1H3. The molecule has 1 aromatic carbocycles. The third kappa shape index (κ3) is 4.76. The average Bonchev–Trinajstić information content (AvgIpc) is 3.39. The van der Waals surface area contributed by atoms with Gasteiger partial charge < -0.3 is 9.74 Å². The van der Waals surface area contributed by atoms with Crippen LogP contribution in [0.25, 0.3) is 0 Å². The van der Waals surface area contributed by atoms with Crippen LogP contribution in [0.3, 0.4) is 0 Å². The fraction of sp³-hybridized carbons (Fsp3) is 0.435. The van der Waals surface area contributed by atoms with Crippen LogP contribution in [0.4, 0.5) is 0 Å². The Bertz CT molecular complexity index is 963. The van der Waals surface area contributed by atoms with Crippen molar-refractivity contribution in [1.29, 1.82) is 5.41 Å². The molecule has 0 spiro atoms. The first kappa shape index (κ1) is 21.1. The van der Waals surface area contributed by atoms with Crippen molar-refractivity contribution < 1.29 is 9.63 Å². The summed E-state index contributed by atoms with van der Waals surface area (Å²) in [5, 5.41) is 12.8. The molecule has 1 atom stereocenters. The Labute approximate surface area is 186 Å². The van der Waals surface area contributed by atoms with Gasteiger partial charge >= 0.3 is 0 Å². The van der Waals surface area contributed by atoms with E-state index >= 15 is 0 Å². The molecule has 0 aliphatic carbocycles. The number of hydrogen-bond donors (Lipinski definition) is 1. The lowest BCUT2D eigenvalue weighted by Gasteiger charge is -2.29. The average molecular weight is 444 g/mol. The van der Waals surface area contributed by atoms with Crippen LogP contribution in [0.5, 0.6) is 0 Å². The van der Waals surface area contributed by atoms with Gasteiger partial charge in [0.1, 0.15) is 11.4 Å². The number of nitrogens with zero attached hydrogens (tertiary/aromatic N) is 2. The second-order valence-electron chi connectivity index (χ2n) is 8.26. The molecule has 2 aliphatic rings. The van der Waals surface area contributed by atoms with Crippen molar-refractivity contribution in [3.63, 3.8) is 0 Å². The molecule has 30 heavy (non-hydrogen) atoms. The molecule has 2 aliphatic heterocycles. The lowest BCUT2D eigenvalue weighted by atomic mass is 9.90. The Balaban J connectivity index is 1.34. The Morgan fingerprint density at radius 1 is 1.20 bits per heavy atom. The predicted octanol–water partition coefficient (Wildman–Crippen LogP) is 5.76. The molecular weight excluding hydrogens is 418 g/mol. The maximum atomic E-state index is 12.4. The van der Waals surface area contributed by atoms with Crippen LogP contribution < -0.4 is 0 Å². The van der Waals surface area contributed by atoms with Crippen LogP contribution in [-0.4, -0.2) is 40.9 Å². The van der Waals surface area contributed by atoms with E-state index in [-0.39, 0.29) is 5.78 Å².